The number of benzene rings is 1. The van der Waals surface area contributed by atoms with E-state index >= 15 is 0 Å². The second-order valence-corrected chi connectivity index (χ2v) is 6.23. The maximum Gasteiger partial charge on any atom is 0.123 e. The molecule has 1 aromatic carbocycles. The van der Waals surface area contributed by atoms with Crippen molar-refractivity contribution in [3.8, 4) is 11.8 Å². The Labute approximate surface area is 128 Å². The summed E-state index contributed by atoms with van der Waals surface area (Å²) in [5.74, 6) is 5.97. The van der Waals surface area contributed by atoms with Gasteiger partial charge in [-0.2, -0.15) is 0 Å². The molecular formula is C19H24FN. The first kappa shape index (κ1) is 17.2. The lowest BCUT2D eigenvalue weighted by Crippen LogP contribution is -2.20. The second kappa shape index (κ2) is 7.81. The smallest absolute Gasteiger partial charge is 0.123 e. The van der Waals surface area contributed by atoms with Gasteiger partial charge in [-0.15, -0.1) is 0 Å². The van der Waals surface area contributed by atoms with Crippen molar-refractivity contribution in [3.05, 3.63) is 54.4 Å². The fraction of sp³-hybridized carbons (Fsp3) is 0.368. The molecule has 0 saturated heterocycles. The van der Waals surface area contributed by atoms with E-state index in [1.165, 1.54) is 12.1 Å². The number of allylic oxidation sites excluding steroid dienone is 1. The van der Waals surface area contributed by atoms with Crippen molar-refractivity contribution in [2.75, 3.05) is 20.1 Å². The topological polar surface area (TPSA) is 3.24 Å². The van der Waals surface area contributed by atoms with Crippen LogP contribution in [0.3, 0.4) is 0 Å². The van der Waals surface area contributed by atoms with E-state index in [2.05, 4.69) is 44.1 Å². The minimum atomic E-state index is -0.228. The van der Waals surface area contributed by atoms with Crippen molar-refractivity contribution in [2.45, 2.75) is 20.8 Å². The third-order valence-corrected chi connectivity index (χ3v) is 2.76. The van der Waals surface area contributed by atoms with E-state index in [1.54, 1.807) is 6.07 Å². The van der Waals surface area contributed by atoms with Crippen LogP contribution in [0, 0.1) is 23.1 Å². The summed E-state index contributed by atoms with van der Waals surface area (Å²) < 4.78 is 13.2. The maximum atomic E-state index is 13.2. The number of hydrogen-bond acceptors (Lipinski definition) is 1. The normalized spacial score (nSPS) is 11.5. The Bertz CT molecular complexity index is 567. The lowest BCUT2D eigenvalue weighted by atomic mass is 9.98. The molecule has 0 aliphatic heterocycles. The summed E-state index contributed by atoms with van der Waals surface area (Å²) in [7, 11) is 2.01. The highest BCUT2D eigenvalue weighted by Crippen LogP contribution is 2.14. The van der Waals surface area contributed by atoms with Gasteiger partial charge in [-0.1, -0.05) is 36.6 Å². The Morgan fingerprint density at radius 2 is 2.10 bits per heavy atom. The van der Waals surface area contributed by atoms with Crippen LogP contribution in [-0.2, 0) is 0 Å². The van der Waals surface area contributed by atoms with Gasteiger partial charge in [0.1, 0.15) is 5.82 Å². The van der Waals surface area contributed by atoms with Gasteiger partial charge in [0.05, 0.1) is 0 Å². The van der Waals surface area contributed by atoms with Gasteiger partial charge in [-0.3, -0.25) is 4.90 Å². The van der Waals surface area contributed by atoms with Crippen LogP contribution in [0.15, 0.2) is 43.0 Å². The molecule has 0 aliphatic carbocycles. The zero-order valence-corrected chi connectivity index (χ0v) is 13.4. The van der Waals surface area contributed by atoms with E-state index < -0.39 is 0 Å². The first-order valence-electron chi connectivity index (χ1n) is 7.08. The van der Waals surface area contributed by atoms with Crippen LogP contribution in [0.25, 0.3) is 5.57 Å². The molecule has 0 amide bonds. The summed E-state index contributed by atoms with van der Waals surface area (Å²) in [5.41, 5.74) is 1.78. The van der Waals surface area contributed by atoms with Gasteiger partial charge in [0.15, 0.2) is 0 Å². The first-order chi connectivity index (χ1) is 9.78. The Morgan fingerprint density at radius 1 is 1.38 bits per heavy atom. The van der Waals surface area contributed by atoms with Crippen LogP contribution in [-0.4, -0.2) is 25.0 Å². The Balaban J connectivity index is 2.46. The molecule has 0 N–H and O–H groups in total. The molecule has 0 spiro atoms. The molecule has 0 fully saturated rings. The zero-order valence-electron chi connectivity index (χ0n) is 13.4. The Morgan fingerprint density at radius 3 is 2.71 bits per heavy atom. The number of likely N-dealkylation sites (N-methyl/N-ethyl adjacent to an activating group) is 1. The summed E-state index contributed by atoms with van der Waals surface area (Å²) >= 11 is 0. The lowest BCUT2D eigenvalue weighted by Gasteiger charge is -2.16. The molecule has 21 heavy (non-hydrogen) atoms. The molecule has 1 aromatic rings. The standard InChI is InChI=1S/C19H24FN/c1-16(17-10-9-11-18(20)14-17)15-21(5)13-8-6-7-12-19(2,3)4/h6,8-11,14H,1,13,15H2,2-5H3/b8-6+. The van der Waals surface area contributed by atoms with Gasteiger partial charge in [0.25, 0.3) is 0 Å². The summed E-state index contributed by atoms with van der Waals surface area (Å²) in [6, 6.07) is 6.54. The van der Waals surface area contributed by atoms with Crippen LogP contribution < -0.4 is 0 Å². The summed E-state index contributed by atoms with van der Waals surface area (Å²) in [4.78, 5) is 2.11. The van der Waals surface area contributed by atoms with Crippen molar-refractivity contribution >= 4 is 5.57 Å². The third-order valence-electron chi connectivity index (χ3n) is 2.76. The van der Waals surface area contributed by atoms with Crippen LogP contribution in [0.2, 0.25) is 0 Å². The number of nitrogens with zero attached hydrogens (tertiary/aromatic N) is 1. The van der Waals surface area contributed by atoms with Crippen LogP contribution in [0.5, 0.6) is 0 Å². The molecule has 0 radical (unpaired) electrons. The minimum Gasteiger partial charge on any atom is -0.298 e. The minimum absolute atomic E-state index is 0.0297. The quantitative estimate of drug-likeness (QED) is 0.726. The van der Waals surface area contributed by atoms with Crippen LogP contribution in [0.1, 0.15) is 26.3 Å². The molecule has 112 valence electrons. The van der Waals surface area contributed by atoms with Crippen LogP contribution >= 0.6 is 0 Å². The molecule has 1 nitrogen and oxygen atoms in total. The SMILES string of the molecule is C=C(CN(C)C/C=C/C#CC(C)(C)C)c1cccc(F)c1. The van der Waals surface area contributed by atoms with Gasteiger partial charge >= 0.3 is 0 Å². The number of rotatable bonds is 5. The highest BCUT2D eigenvalue weighted by atomic mass is 19.1. The fourth-order valence-electron chi connectivity index (χ4n) is 1.74. The third kappa shape index (κ3) is 7.48. The molecule has 0 saturated carbocycles. The van der Waals surface area contributed by atoms with E-state index in [0.717, 1.165) is 17.7 Å². The molecule has 0 bridgehead atoms. The van der Waals surface area contributed by atoms with Gasteiger partial charge in [-0.25, -0.2) is 4.39 Å². The van der Waals surface area contributed by atoms with Gasteiger partial charge in [-0.05, 0) is 57.2 Å². The molecule has 0 heterocycles. The second-order valence-electron chi connectivity index (χ2n) is 6.23. The molecule has 1 rings (SSSR count). The van der Waals surface area contributed by atoms with Crippen molar-refractivity contribution in [1.82, 2.24) is 4.90 Å². The van der Waals surface area contributed by atoms with E-state index in [-0.39, 0.29) is 11.2 Å². The van der Waals surface area contributed by atoms with Gasteiger partial charge in [0, 0.05) is 18.5 Å². The van der Waals surface area contributed by atoms with Crippen molar-refractivity contribution < 1.29 is 4.39 Å². The van der Waals surface area contributed by atoms with Crippen molar-refractivity contribution in [1.29, 1.82) is 0 Å². The van der Waals surface area contributed by atoms with Crippen molar-refractivity contribution in [3.63, 3.8) is 0 Å². The fourth-order valence-corrected chi connectivity index (χ4v) is 1.74. The molecular weight excluding hydrogens is 261 g/mol. The van der Waals surface area contributed by atoms with E-state index in [1.807, 2.05) is 25.3 Å². The van der Waals surface area contributed by atoms with Gasteiger partial charge < -0.3 is 0 Å². The monoisotopic (exact) mass is 285 g/mol. The van der Waals surface area contributed by atoms with Crippen molar-refractivity contribution in [2.24, 2.45) is 5.41 Å². The summed E-state index contributed by atoms with van der Waals surface area (Å²) in [5, 5.41) is 0. The van der Waals surface area contributed by atoms with Gasteiger partial charge in [0.2, 0.25) is 0 Å². The van der Waals surface area contributed by atoms with E-state index in [4.69, 9.17) is 0 Å². The van der Waals surface area contributed by atoms with E-state index in [9.17, 15) is 4.39 Å². The highest BCUT2D eigenvalue weighted by molar-refractivity contribution is 5.64. The van der Waals surface area contributed by atoms with Crippen LogP contribution in [0.4, 0.5) is 4.39 Å². The number of hydrogen-bond donors (Lipinski definition) is 0. The molecule has 2 heteroatoms. The lowest BCUT2D eigenvalue weighted by molar-refractivity contribution is 0.418. The predicted octanol–water partition coefficient (Wildman–Crippen LogP) is 4.38. The molecule has 0 atom stereocenters. The Kier molecular flexibility index (Phi) is 6.39. The first-order valence-corrected chi connectivity index (χ1v) is 7.08. The number of halogens is 1. The highest BCUT2D eigenvalue weighted by Gasteiger charge is 2.04. The molecule has 0 aromatic heterocycles. The van der Waals surface area contributed by atoms with E-state index in [0.29, 0.717) is 6.54 Å². The predicted molar refractivity (Wildman–Crippen MR) is 89.3 cm³/mol. The zero-order chi connectivity index (χ0) is 15.9. The molecule has 0 aliphatic rings. The average molecular weight is 285 g/mol. The molecule has 0 unspecified atom stereocenters. The maximum absolute atomic E-state index is 13.2. The average Bonchev–Trinajstić information content (AvgIpc) is 2.36. The summed E-state index contributed by atoms with van der Waals surface area (Å²) in [6.07, 6.45) is 3.91. The Hall–Kier alpha value is -1.85. The summed E-state index contributed by atoms with van der Waals surface area (Å²) in [6.45, 7) is 11.8. The largest absolute Gasteiger partial charge is 0.298 e.